The Morgan fingerprint density at radius 3 is 2.23 bits per heavy atom. The molecule has 0 atom stereocenters. The Bertz CT molecular complexity index is 1160. The van der Waals surface area contributed by atoms with E-state index in [9.17, 15) is 13.2 Å². The smallest absolute Gasteiger partial charge is 0.308 e. The molecule has 0 spiro atoms. The van der Waals surface area contributed by atoms with Crippen LogP contribution < -0.4 is 10.6 Å². The van der Waals surface area contributed by atoms with Crippen LogP contribution in [0.1, 0.15) is 23.6 Å². The van der Waals surface area contributed by atoms with Crippen molar-refractivity contribution in [2.75, 3.05) is 10.6 Å². The van der Waals surface area contributed by atoms with Gasteiger partial charge < -0.3 is 10.6 Å². The zero-order chi connectivity index (χ0) is 21.7. The van der Waals surface area contributed by atoms with Gasteiger partial charge in [0, 0.05) is 16.4 Å². The number of carbonyl (C=O) groups is 1. The second-order valence-electron chi connectivity index (χ2n) is 7.00. The zero-order valence-corrected chi connectivity index (χ0v) is 18.3. The summed E-state index contributed by atoms with van der Waals surface area (Å²) in [5.41, 5.74) is 3.45. The van der Waals surface area contributed by atoms with Gasteiger partial charge in [-0.25, -0.2) is 13.2 Å². The SMILES string of the molecule is CCc1cccc(NC(=O)Nc2ccc(C)c(S(=O)(=O)Cc3ccc(Cl)cc3)c2)c1. The number of nitrogens with one attached hydrogen (secondary N) is 2. The highest BCUT2D eigenvalue weighted by atomic mass is 35.5. The summed E-state index contributed by atoms with van der Waals surface area (Å²) in [7, 11) is -3.60. The molecule has 3 rings (SSSR count). The summed E-state index contributed by atoms with van der Waals surface area (Å²) >= 11 is 5.87. The van der Waals surface area contributed by atoms with E-state index < -0.39 is 15.9 Å². The summed E-state index contributed by atoms with van der Waals surface area (Å²) in [5.74, 6) is -0.148. The van der Waals surface area contributed by atoms with Crippen molar-refractivity contribution in [1.29, 1.82) is 0 Å². The number of carbonyl (C=O) groups excluding carboxylic acids is 1. The lowest BCUT2D eigenvalue weighted by atomic mass is 10.1. The molecule has 0 aromatic heterocycles. The molecule has 2 N–H and O–H groups in total. The van der Waals surface area contributed by atoms with E-state index in [1.165, 1.54) is 6.07 Å². The van der Waals surface area contributed by atoms with Crippen molar-refractivity contribution in [3.63, 3.8) is 0 Å². The van der Waals surface area contributed by atoms with Crippen molar-refractivity contribution in [3.05, 3.63) is 88.4 Å². The standard InChI is InChI=1S/C23H23ClN2O3S/c1-3-17-5-4-6-20(13-17)25-23(27)26-21-12-7-16(2)22(14-21)30(28,29)15-18-8-10-19(24)11-9-18/h4-14H,3,15H2,1-2H3,(H2,25,26,27). The number of benzene rings is 3. The van der Waals surface area contributed by atoms with Gasteiger partial charge in [-0.05, 0) is 66.4 Å². The Hall–Kier alpha value is -2.83. The lowest BCUT2D eigenvalue weighted by Crippen LogP contribution is -2.20. The Morgan fingerprint density at radius 2 is 1.57 bits per heavy atom. The first-order chi connectivity index (χ1) is 14.3. The molecule has 156 valence electrons. The summed E-state index contributed by atoms with van der Waals surface area (Å²) in [6.45, 7) is 3.77. The zero-order valence-electron chi connectivity index (χ0n) is 16.8. The molecule has 2 amide bonds. The Morgan fingerprint density at radius 1 is 0.900 bits per heavy atom. The molecule has 30 heavy (non-hydrogen) atoms. The maximum atomic E-state index is 12.9. The van der Waals surface area contributed by atoms with E-state index in [0.29, 0.717) is 27.5 Å². The van der Waals surface area contributed by atoms with Crippen LogP contribution in [0, 0.1) is 6.92 Å². The summed E-state index contributed by atoms with van der Waals surface area (Å²) < 4.78 is 25.9. The number of rotatable bonds is 6. The molecule has 0 bridgehead atoms. The lowest BCUT2D eigenvalue weighted by Gasteiger charge is -2.12. The summed E-state index contributed by atoms with van der Waals surface area (Å²) in [5, 5.41) is 6.03. The van der Waals surface area contributed by atoms with E-state index >= 15 is 0 Å². The van der Waals surface area contributed by atoms with E-state index in [4.69, 9.17) is 11.6 Å². The maximum Gasteiger partial charge on any atom is 0.323 e. The van der Waals surface area contributed by atoms with E-state index in [2.05, 4.69) is 10.6 Å². The van der Waals surface area contributed by atoms with Crippen molar-refractivity contribution in [2.45, 2.75) is 30.9 Å². The van der Waals surface area contributed by atoms with Crippen LogP contribution in [0.25, 0.3) is 0 Å². The predicted molar refractivity (Wildman–Crippen MR) is 122 cm³/mol. The number of amides is 2. The summed E-state index contributed by atoms with van der Waals surface area (Å²) in [6.07, 6.45) is 0.865. The molecule has 7 heteroatoms. The number of hydrogen-bond donors (Lipinski definition) is 2. The number of anilines is 2. The van der Waals surface area contributed by atoms with Gasteiger partial charge in [-0.1, -0.05) is 48.9 Å². The third-order valence-electron chi connectivity index (χ3n) is 4.64. The third kappa shape index (κ3) is 5.62. The third-order valence-corrected chi connectivity index (χ3v) is 6.72. The van der Waals surface area contributed by atoms with Crippen LogP contribution in [0.4, 0.5) is 16.2 Å². The fourth-order valence-electron chi connectivity index (χ4n) is 3.05. The fraction of sp³-hybridized carbons (Fsp3) is 0.174. The average molecular weight is 443 g/mol. The van der Waals surface area contributed by atoms with Crippen molar-refractivity contribution >= 4 is 38.8 Å². The van der Waals surface area contributed by atoms with Crippen molar-refractivity contribution in [1.82, 2.24) is 0 Å². The van der Waals surface area contributed by atoms with Crippen LogP contribution in [0.3, 0.4) is 0 Å². The minimum absolute atomic E-state index is 0.148. The Kier molecular flexibility index (Phi) is 6.80. The van der Waals surface area contributed by atoms with Crippen molar-refractivity contribution < 1.29 is 13.2 Å². The summed E-state index contributed by atoms with van der Waals surface area (Å²) in [4.78, 5) is 12.5. The van der Waals surface area contributed by atoms with E-state index in [-0.39, 0.29) is 10.6 Å². The van der Waals surface area contributed by atoms with Crippen LogP contribution in [0.5, 0.6) is 0 Å². The van der Waals surface area contributed by atoms with Gasteiger partial charge in [-0.2, -0.15) is 0 Å². The molecule has 0 fully saturated rings. The van der Waals surface area contributed by atoms with E-state index in [0.717, 1.165) is 12.0 Å². The molecule has 0 heterocycles. The topological polar surface area (TPSA) is 75.3 Å². The quantitative estimate of drug-likeness (QED) is 0.504. The maximum absolute atomic E-state index is 12.9. The van der Waals surface area contributed by atoms with Gasteiger partial charge in [0.2, 0.25) is 0 Å². The molecule has 0 aliphatic rings. The van der Waals surface area contributed by atoms with Gasteiger partial charge in [0.1, 0.15) is 0 Å². The molecule has 3 aromatic carbocycles. The van der Waals surface area contributed by atoms with Crippen molar-refractivity contribution in [3.8, 4) is 0 Å². The number of hydrogen-bond acceptors (Lipinski definition) is 3. The second kappa shape index (κ2) is 9.32. The van der Waals surface area contributed by atoms with Gasteiger partial charge in [0.25, 0.3) is 0 Å². The lowest BCUT2D eigenvalue weighted by molar-refractivity contribution is 0.262. The minimum atomic E-state index is -3.60. The van der Waals surface area contributed by atoms with Crippen LogP contribution in [0.2, 0.25) is 5.02 Å². The first kappa shape index (κ1) is 21.9. The number of urea groups is 1. The van der Waals surface area contributed by atoms with Gasteiger partial charge in [0.05, 0.1) is 10.6 Å². The first-order valence-corrected chi connectivity index (χ1v) is 11.5. The number of halogens is 1. The molecule has 0 saturated heterocycles. The first-order valence-electron chi connectivity index (χ1n) is 9.51. The highest BCUT2D eigenvalue weighted by Gasteiger charge is 2.19. The van der Waals surface area contributed by atoms with Crippen LogP contribution in [-0.4, -0.2) is 14.4 Å². The van der Waals surface area contributed by atoms with Crippen LogP contribution >= 0.6 is 11.6 Å². The molecular formula is C23H23ClN2O3S. The highest BCUT2D eigenvalue weighted by molar-refractivity contribution is 7.90. The highest BCUT2D eigenvalue weighted by Crippen LogP contribution is 2.25. The largest absolute Gasteiger partial charge is 0.323 e. The molecule has 0 saturated carbocycles. The van der Waals surface area contributed by atoms with Gasteiger partial charge in [-0.3, -0.25) is 0 Å². The molecule has 0 aliphatic carbocycles. The van der Waals surface area contributed by atoms with Crippen LogP contribution in [-0.2, 0) is 22.0 Å². The molecule has 3 aromatic rings. The van der Waals surface area contributed by atoms with Crippen molar-refractivity contribution in [2.24, 2.45) is 0 Å². The molecule has 5 nitrogen and oxygen atoms in total. The average Bonchev–Trinajstić information content (AvgIpc) is 2.71. The summed E-state index contributed by atoms with van der Waals surface area (Å²) in [6, 6.07) is 18.7. The Labute approximate surface area is 182 Å². The monoisotopic (exact) mass is 442 g/mol. The van der Waals surface area contributed by atoms with Crippen LogP contribution in [0.15, 0.2) is 71.6 Å². The Balaban J connectivity index is 1.76. The molecular weight excluding hydrogens is 420 g/mol. The molecule has 0 unspecified atom stereocenters. The second-order valence-corrected chi connectivity index (χ2v) is 9.39. The minimum Gasteiger partial charge on any atom is -0.308 e. The fourth-order valence-corrected chi connectivity index (χ4v) is 4.83. The van der Waals surface area contributed by atoms with Gasteiger partial charge >= 0.3 is 6.03 Å². The number of sulfone groups is 1. The normalized spacial score (nSPS) is 11.2. The molecule has 0 aliphatic heterocycles. The van der Waals surface area contributed by atoms with E-state index in [1.54, 1.807) is 49.4 Å². The van der Waals surface area contributed by atoms with Gasteiger partial charge in [-0.15, -0.1) is 0 Å². The number of aryl methyl sites for hydroxylation is 2. The molecule has 0 radical (unpaired) electrons. The van der Waals surface area contributed by atoms with E-state index in [1.807, 2.05) is 25.1 Å². The predicted octanol–water partition coefficient (Wildman–Crippen LogP) is 5.83. The van der Waals surface area contributed by atoms with Gasteiger partial charge in [0.15, 0.2) is 9.84 Å².